The minimum absolute atomic E-state index is 0.368. The van der Waals surface area contributed by atoms with Crippen molar-refractivity contribution in [2.24, 2.45) is 0 Å². The fourth-order valence-electron chi connectivity index (χ4n) is 2.22. The van der Waals surface area contributed by atoms with E-state index in [9.17, 15) is 9.59 Å². The second-order valence-corrected chi connectivity index (χ2v) is 8.07. The van der Waals surface area contributed by atoms with Crippen LogP contribution in [-0.4, -0.2) is 23.6 Å². The number of nitrogens with one attached hydrogen (secondary N) is 2. The number of hydrogen-bond acceptors (Lipinski definition) is 4. The van der Waals surface area contributed by atoms with E-state index in [0.717, 1.165) is 15.4 Å². The molecule has 2 N–H and O–H groups in total. The first-order chi connectivity index (χ1) is 11.7. The molecular weight excluding hydrogens is 336 g/mol. The third-order valence-corrected chi connectivity index (χ3v) is 4.17. The first-order valence-corrected chi connectivity index (χ1v) is 8.95. The van der Waals surface area contributed by atoms with Gasteiger partial charge in [0.25, 0.3) is 0 Å². The number of rotatable bonds is 5. The lowest BCUT2D eigenvalue weighted by atomic mass is 10.1. The molecule has 0 aliphatic rings. The van der Waals surface area contributed by atoms with E-state index < -0.39 is 23.6 Å². The molecule has 1 atom stereocenters. The Hall–Kier alpha value is -2.34. The molecule has 0 aliphatic heterocycles. The van der Waals surface area contributed by atoms with Crippen molar-refractivity contribution in [2.45, 2.75) is 45.8 Å². The van der Waals surface area contributed by atoms with Crippen molar-refractivity contribution >= 4 is 28.3 Å². The summed E-state index contributed by atoms with van der Waals surface area (Å²) in [4.78, 5) is 25.9. The smallest absolute Gasteiger partial charge is 0.329 e. The number of hydrogen-bond donors (Lipinski definition) is 2. The molecular formula is C19H24N2O3S. The van der Waals surface area contributed by atoms with Crippen molar-refractivity contribution in [1.29, 1.82) is 0 Å². The molecule has 134 valence electrons. The van der Waals surface area contributed by atoms with Gasteiger partial charge in [0.2, 0.25) is 0 Å². The third kappa shape index (κ3) is 6.58. The lowest BCUT2D eigenvalue weighted by molar-refractivity contribution is -0.157. The second-order valence-electron chi connectivity index (χ2n) is 6.78. The predicted molar refractivity (Wildman–Crippen MR) is 101 cm³/mol. The van der Waals surface area contributed by atoms with Gasteiger partial charge in [0.05, 0.1) is 5.00 Å². The van der Waals surface area contributed by atoms with Crippen LogP contribution in [0.15, 0.2) is 42.5 Å². The van der Waals surface area contributed by atoms with Crippen molar-refractivity contribution < 1.29 is 14.3 Å². The van der Waals surface area contributed by atoms with Gasteiger partial charge in [0, 0.05) is 11.3 Å². The van der Waals surface area contributed by atoms with Crippen LogP contribution in [0.5, 0.6) is 0 Å². The van der Waals surface area contributed by atoms with Gasteiger partial charge in [-0.05, 0) is 45.4 Å². The Bertz CT molecular complexity index is 720. The van der Waals surface area contributed by atoms with Gasteiger partial charge in [0.15, 0.2) is 0 Å². The van der Waals surface area contributed by atoms with E-state index in [4.69, 9.17) is 4.74 Å². The van der Waals surface area contributed by atoms with Crippen LogP contribution in [0.3, 0.4) is 0 Å². The highest BCUT2D eigenvalue weighted by Crippen LogP contribution is 2.20. The molecule has 0 unspecified atom stereocenters. The standard InChI is InChI=1S/C19H24N2O3S/c1-13-10-11-16(25-13)21-18(23)20-15(17(22)24-19(2,3)4)12-14-8-6-5-7-9-14/h5-11,15H,12H2,1-4H3,(H2,20,21,23)/t15-/m1/s1. The first-order valence-electron chi connectivity index (χ1n) is 8.14. The molecule has 1 heterocycles. The van der Waals surface area contributed by atoms with E-state index in [-0.39, 0.29) is 0 Å². The van der Waals surface area contributed by atoms with Crippen LogP contribution < -0.4 is 10.6 Å². The van der Waals surface area contributed by atoms with Gasteiger partial charge in [0.1, 0.15) is 11.6 Å². The largest absolute Gasteiger partial charge is 0.458 e. The van der Waals surface area contributed by atoms with Gasteiger partial charge in [-0.15, -0.1) is 11.3 Å². The molecule has 2 aromatic rings. The normalized spacial score (nSPS) is 12.3. The Morgan fingerprint density at radius 3 is 2.36 bits per heavy atom. The quantitative estimate of drug-likeness (QED) is 0.788. The molecule has 0 spiro atoms. The topological polar surface area (TPSA) is 67.4 Å². The molecule has 6 heteroatoms. The van der Waals surface area contributed by atoms with E-state index in [2.05, 4.69) is 10.6 Å². The van der Waals surface area contributed by atoms with Crippen LogP contribution in [0.1, 0.15) is 31.2 Å². The lowest BCUT2D eigenvalue weighted by Crippen LogP contribution is -2.47. The highest BCUT2D eigenvalue weighted by molar-refractivity contribution is 7.16. The zero-order chi connectivity index (χ0) is 18.4. The van der Waals surface area contributed by atoms with Crippen molar-refractivity contribution in [1.82, 2.24) is 5.32 Å². The fraction of sp³-hybridized carbons (Fsp3) is 0.368. The molecule has 0 fully saturated rings. The van der Waals surface area contributed by atoms with Crippen molar-refractivity contribution in [2.75, 3.05) is 5.32 Å². The Balaban J connectivity index is 2.07. The average molecular weight is 360 g/mol. The van der Waals surface area contributed by atoms with E-state index in [1.54, 1.807) is 20.8 Å². The molecule has 0 saturated carbocycles. The van der Waals surface area contributed by atoms with Crippen molar-refractivity contribution in [3.63, 3.8) is 0 Å². The monoisotopic (exact) mass is 360 g/mol. The zero-order valence-electron chi connectivity index (χ0n) is 15.0. The Kier molecular flexibility index (Phi) is 6.20. The van der Waals surface area contributed by atoms with Gasteiger partial charge >= 0.3 is 12.0 Å². The van der Waals surface area contributed by atoms with Gasteiger partial charge < -0.3 is 10.1 Å². The Labute approximate surface area is 152 Å². The molecule has 1 aromatic carbocycles. The summed E-state index contributed by atoms with van der Waals surface area (Å²) in [6.07, 6.45) is 0.368. The number of carbonyl (C=O) groups excluding carboxylic acids is 2. The minimum Gasteiger partial charge on any atom is -0.458 e. The molecule has 1 aromatic heterocycles. The SMILES string of the molecule is Cc1ccc(NC(=O)N[C@H](Cc2ccccc2)C(=O)OC(C)(C)C)s1. The van der Waals surface area contributed by atoms with E-state index in [1.807, 2.05) is 49.4 Å². The highest BCUT2D eigenvalue weighted by atomic mass is 32.1. The molecule has 0 bridgehead atoms. The van der Waals surface area contributed by atoms with Crippen LogP contribution in [0.2, 0.25) is 0 Å². The number of amides is 2. The number of benzene rings is 1. The predicted octanol–water partition coefficient (Wildman–Crippen LogP) is 4.13. The Morgan fingerprint density at radius 2 is 1.80 bits per heavy atom. The summed E-state index contributed by atoms with van der Waals surface area (Å²) in [5.41, 5.74) is 0.334. The number of anilines is 1. The average Bonchev–Trinajstić information content (AvgIpc) is 2.91. The van der Waals surface area contributed by atoms with Crippen LogP contribution in [0, 0.1) is 6.92 Å². The van der Waals surface area contributed by atoms with Crippen LogP contribution in [0.25, 0.3) is 0 Å². The van der Waals surface area contributed by atoms with Crippen LogP contribution in [-0.2, 0) is 16.0 Å². The number of urea groups is 1. The molecule has 2 rings (SSSR count). The van der Waals surface area contributed by atoms with E-state index >= 15 is 0 Å². The molecule has 2 amide bonds. The highest BCUT2D eigenvalue weighted by Gasteiger charge is 2.27. The lowest BCUT2D eigenvalue weighted by Gasteiger charge is -2.24. The molecule has 25 heavy (non-hydrogen) atoms. The van der Waals surface area contributed by atoms with Crippen LogP contribution >= 0.6 is 11.3 Å². The first kappa shape index (κ1) is 19.0. The maximum Gasteiger partial charge on any atom is 0.329 e. The van der Waals surface area contributed by atoms with Gasteiger partial charge in [-0.25, -0.2) is 9.59 Å². The number of carbonyl (C=O) groups is 2. The zero-order valence-corrected chi connectivity index (χ0v) is 15.8. The fourth-order valence-corrected chi connectivity index (χ4v) is 2.99. The van der Waals surface area contributed by atoms with E-state index in [0.29, 0.717) is 6.42 Å². The summed E-state index contributed by atoms with van der Waals surface area (Å²) < 4.78 is 5.45. The number of aryl methyl sites for hydroxylation is 1. The van der Waals surface area contributed by atoms with Gasteiger partial charge in [-0.3, -0.25) is 5.32 Å². The summed E-state index contributed by atoms with van der Waals surface area (Å²) in [6.45, 7) is 7.38. The van der Waals surface area contributed by atoms with Gasteiger partial charge in [-0.2, -0.15) is 0 Å². The minimum atomic E-state index is -0.761. The maximum absolute atomic E-state index is 12.5. The Morgan fingerprint density at radius 1 is 1.12 bits per heavy atom. The third-order valence-electron chi connectivity index (χ3n) is 3.26. The number of thiophene rings is 1. The maximum atomic E-state index is 12.5. The molecule has 0 radical (unpaired) electrons. The van der Waals surface area contributed by atoms with Crippen molar-refractivity contribution in [3.8, 4) is 0 Å². The second kappa shape index (κ2) is 8.16. The van der Waals surface area contributed by atoms with E-state index in [1.165, 1.54) is 11.3 Å². The summed E-state index contributed by atoms with van der Waals surface area (Å²) >= 11 is 1.48. The number of ether oxygens (including phenoxy) is 1. The summed E-state index contributed by atoms with van der Waals surface area (Å²) in [5.74, 6) is -0.450. The number of esters is 1. The van der Waals surface area contributed by atoms with Crippen LogP contribution in [0.4, 0.5) is 9.80 Å². The van der Waals surface area contributed by atoms with Gasteiger partial charge in [-0.1, -0.05) is 30.3 Å². The van der Waals surface area contributed by atoms with Crippen molar-refractivity contribution in [3.05, 3.63) is 52.9 Å². The summed E-state index contributed by atoms with van der Waals surface area (Å²) in [7, 11) is 0. The molecule has 0 saturated heterocycles. The molecule has 5 nitrogen and oxygen atoms in total. The molecule has 0 aliphatic carbocycles. The summed E-state index contributed by atoms with van der Waals surface area (Å²) in [5, 5.41) is 6.22. The summed E-state index contributed by atoms with van der Waals surface area (Å²) in [6, 6.07) is 12.1.